The molecule has 3 heterocycles. The predicted octanol–water partition coefficient (Wildman–Crippen LogP) is 3.17. The third kappa shape index (κ3) is 4.32. The molecule has 0 aliphatic carbocycles. The number of carbonyl (C=O) groups is 1. The van der Waals surface area contributed by atoms with Gasteiger partial charge in [0.25, 0.3) is 0 Å². The maximum Gasteiger partial charge on any atom is 0.216 e. The minimum Gasteiger partial charge on any atom is -0.354 e. The van der Waals surface area contributed by atoms with Crippen molar-refractivity contribution in [3.63, 3.8) is 0 Å². The normalized spacial score (nSPS) is 17.1. The Morgan fingerprint density at radius 1 is 1.24 bits per heavy atom. The molecule has 29 heavy (non-hydrogen) atoms. The fraction of sp³-hybridized carbons (Fsp3) is 0.435. The Morgan fingerprint density at radius 2 is 2.10 bits per heavy atom. The van der Waals surface area contributed by atoms with Gasteiger partial charge in [-0.2, -0.15) is 5.10 Å². The van der Waals surface area contributed by atoms with Gasteiger partial charge in [-0.05, 0) is 55.6 Å². The summed E-state index contributed by atoms with van der Waals surface area (Å²) >= 11 is 0. The lowest BCUT2D eigenvalue weighted by Crippen LogP contribution is -2.25. The Labute approximate surface area is 171 Å². The zero-order valence-electron chi connectivity index (χ0n) is 17.5. The van der Waals surface area contributed by atoms with Gasteiger partial charge in [-0.25, -0.2) is 9.67 Å². The highest BCUT2D eigenvalue weighted by molar-refractivity contribution is 5.79. The SMILES string of the molecule is CC(=O)NCCn1nc([C@@H]2CCN(Cc3ccc(C)c(C)c3)C2)c2cccnc21. The molecule has 1 N–H and O–H groups in total. The molecule has 3 aromatic rings. The van der Waals surface area contributed by atoms with Gasteiger partial charge in [0.2, 0.25) is 5.91 Å². The second-order valence-electron chi connectivity index (χ2n) is 8.11. The first kappa shape index (κ1) is 19.6. The summed E-state index contributed by atoms with van der Waals surface area (Å²) in [5.74, 6) is 0.391. The number of benzene rings is 1. The van der Waals surface area contributed by atoms with Crippen molar-refractivity contribution in [1.82, 2.24) is 25.0 Å². The molecular formula is C23H29N5O. The van der Waals surface area contributed by atoms with Crippen LogP contribution in [0, 0.1) is 13.8 Å². The summed E-state index contributed by atoms with van der Waals surface area (Å²) in [7, 11) is 0. The molecule has 1 saturated heterocycles. The largest absolute Gasteiger partial charge is 0.354 e. The highest BCUT2D eigenvalue weighted by Crippen LogP contribution is 2.32. The van der Waals surface area contributed by atoms with Crippen LogP contribution in [0.25, 0.3) is 11.0 Å². The van der Waals surface area contributed by atoms with Crippen LogP contribution in [0.3, 0.4) is 0 Å². The number of pyridine rings is 1. The van der Waals surface area contributed by atoms with Crippen molar-refractivity contribution in [3.8, 4) is 0 Å². The fourth-order valence-electron chi connectivity index (χ4n) is 4.19. The van der Waals surface area contributed by atoms with Crippen LogP contribution in [0.4, 0.5) is 0 Å². The standard InChI is InChI=1S/C23H29N5O/c1-16-6-7-19(13-17(16)2)14-27-11-8-20(15-27)22-21-5-4-9-25-23(21)28(26-22)12-10-24-18(3)29/h4-7,9,13,20H,8,10-12,14-15H2,1-3H3,(H,24,29)/t20-/m1/s1. The number of carbonyl (C=O) groups excluding carboxylic acids is 1. The lowest BCUT2D eigenvalue weighted by Gasteiger charge is -2.16. The number of rotatable bonds is 6. The van der Waals surface area contributed by atoms with Crippen LogP contribution in [0.1, 0.15) is 41.6 Å². The van der Waals surface area contributed by atoms with E-state index < -0.39 is 0 Å². The number of nitrogens with zero attached hydrogens (tertiary/aromatic N) is 4. The van der Waals surface area contributed by atoms with E-state index in [1.807, 2.05) is 16.9 Å². The predicted molar refractivity (Wildman–Crippen MR) is 115 cm³/mol. The highest BCUT2D eigenvalue weighted by Gasteiger charge is 2.28. The molecule has 0 unspecified atom stereocenters. The van der Waals surface area contributed by atoms with Crippen LogP contribution in [-0.2, 0) is 17.9 Å². The first-order valence-corrected chi connectivity index (χ1v) is 10.4. The highest BCUT2D eigenvalue weighted by atomic mass is 16.1. The molecule has 6 nitrogen and oxygen atoms in total. The quantitative estimate of drug-likeness (QED) is 0.701. The topological polar surface area (TPSA) is 63.1 Å². The molecule has 1 atom stereocenters. The molecule has 4 rings (SSSR count). The molecule has 1 aliphatic heterocycles. The first-order chi connectivity index (χ1) is 14.0. The Kier molecular flexibility index (Phi) is 5.62. The zero-order chi connectivity index (χ0) is 20.4. The van der Waals surface area contributed by atoms with Crippen LogP contribution in [-0.4, -0.2) is 45.2 Å². The molecule has 1 amide bonds. The lowest BCUT2D eigenvalue weighted by atomic mass is 10.0. The van der Waals surface area contributed by atoms with Crippen molar-refractivity contribution in [3.05, 3.63) is 58.9 Å². The Morgan fingerprint density at radius 3 is 2.90 bits per heavy atom. The van der Waals surface area contributed by atoms with Crippen molar-refractivity contribution in [2.45, 2.75) is 46.2 Å². The van der Waals surface area contributed by atoms with E-state index in [1.165, 1.54) is 23.6 Å². The minimum absolute atomic E-state index is 0.0209. The van der Waals surface area contributed by atoms with Crippen LogP contribution < -0.4 is 5.32 Å². The maximum absolute atomic E-state index is 11.2. The summed E-state index contributed by atoms with van der Waals surface area (Å²) in [4.78, 5) is 18.2. The smallest absolute Gasteiger partial charge is 0.216 e. The third-order valence-corrected chi connectivity index (χ3v) is 5.87. The summed E-state index contributed by atoms with van der Waals surface area (Å²) in [5, 5.41) is 8.89. The monoisotopic (exact) mass is 391 g/mol. The average Bonchev–Trinajstić information content (AvgIpc) is 3.29. The van der Waals surface area contributed by atoms with E-state index in [0.717, 1.165) is 42.8 Å². The summed E-state index contributed by atoms with van der Waals surface area (Å²) < 4.78 is 1.94. The van der Waals surface area contributed by atoms with Gasteiger partial charge in [0.1, 0.15) is 0 Å². The molecule has 0 saturated carbocycles. The molecule has 0 bridgehead atoms. The number of aromatic nitrogens is 3. The maximum atomic E-state index is 11.2. The number of amides is 1. The molecule has 1 aromatic carbocycles. The van der Waals surface area contributed by atoms with Gasteiger partial charge in [0.15, 0.2) is 5.65 Å². The molecule has 0 radical (unpaired) electrons. The molecule has 152 valence electrons. The number of hydrogen-bond acceptors (Lipinski definition) is 4. The minimum atomic E-state index is -0.0209. The average molecular weight is 392 g/mol. The van der Waals surface area contributed by atoms with Crippen LogP contribution >= 0.6 is 0 Å². The van der Waals surface area contributed by atoms with E-state index in [2.05, 4.69) is 53.3 Å². The third-order valence-electron chi connectivity index (χ3n) is 5.87. The first-order valence-electron chi connectivity index (χ1n) is 10.4. The van der Waals surface area contributed by atoms with Gasteiger partial charge in [0.05, 0.1) is 12.2 Å². The second-order valence-corrected chi connectivity index (χ2v) is 8.11. The van der Waals surface area contributed by atoms with Gasteiger partial charge in [-0.15, -0.1) is 0 Å². The van der Waals surface area contributed by atoms with Gasteiger partial charge in [-0.3, -0.25) is 9.69 Å². The zero-order valence-corrected chi connectivity index (χ0v) is 17.5. The molecule has 2 aromatic heterocycles. The van der Waals surface area contributed by atoms with Crippen molar-refractivity contribution in [1.29, 1.82) is 0 Å². The van der Waals surface area contributed by atoms with Gasteiger partial charge in [-0.1, -0.05) is 18.2 Å². The van der Waals surface area contributed by atoms with E-state index in [4.69, 9.17) is 5.10 Å². The Hall–Kier alpha value is -2.73. The summed E-state index contributed by atoms with van der Waals surface area (Å²) in [6.07, 6.45) is 2.92. The van der Waals surface area contributed by atoms with E-state index in [-0.39, 0.29) is 5.91 Å². The molecule has 1 aliphatic rings. The van der Waals surface area contributed by atoms with Gasteiger partial charge in [0, 0.05) is 44.1 Å². The van der Waals surface area contributed by atoms with Gasteiger partial charge >= 0.3 is 0 Å². The number of fused-ring (bicyclic) bond motifs is 1. The molecule has 1 fully saturated rings. The summed E-state index contributed by atoms with van der Waals surface area (Å²) in [5.41, 5.74) is 6.12. The fourth-order valence-corrected chi connectivity index (χ4v) is 4.19. The van der Waals surface area contributed by atoms with Crippen LogP contribution in [0.2, 0.25) is 0 Å². The van der Waals surface area contributed by atoms with Crippen molar-refractivity contribution in [2.24, 2.45) is 0 Å². The van der Waals surface area contributed by atoms with E-state index in [1.54, 1.807) is 0 Å². The lowest BCUT2D eigenvalue weighted by molar-refractivity contribution is -0.118. The number of likely N-dealkylation sites (tertiary alicyclic amines) is 1. The Bertz CT molecular complexity index is 1030. The van der Waals surface area contributed by atoms with Gasteiger partial charge < -0.3 is 5.32 Å². The number of nitrogens with one attached hydrogen (secondary N) is 1. The van der Waals surface area contributed by atoms with E-state index in [9.17, 15) is 4.79 Å². The van der Waals surface area contributed by atoms with Crippen molar-refractivity contribution >= 4 is 16.9 Å². The van der Waals surface area contributed by atoms with Crippen molar-refractivity contribution < 1.29 is 4.79 Å². The molecular weight excluding hydrogens is 362 g/mol. The van der Waals surface area contributed by atoms with Crippen molar-refractivity contribution in [2.75, 3.05) is 19.6 Å². The van der Waals surface area contributed by atoms with E-state index in [0.29, 0.717) is 19.0 Å². The Balaban J connectivity index is 1.49. The number of aryl methyl sites for hydroxylation is 2. The summed E-state index contributed by atoms with van der Waals surface area (Å²) in [6.45, 7) is 10.1. The van der Waals surface area contributed by atoms with Crippen LogP contribution in [0.15, 0.2) is 36.5 Å². The molecule has 6 heteroatoms. The molecule has 0 spiro atoms. The second kappa shape index (κ2) is 8.33. The van der Waals surface area contributed by atoms with E-state index >= 15 is 0 Å². The summed E-state index contributed by atoms with van der Waals surface area (Å²) in [6, 6.07) is 10.9. The van der Waals surface area contributed by atoms with Crippen LogP contribution in [0.5, 0.6) is 0 Å². The number of hydrogen-bond donors (Lipinski definition) is 1.